The SMILES string of the molecule is NC(=O)C1[CH]C[C@@H](CNCC(F)F)N1CC(=O)Nc1ccc(-n2ccccc2=O)cc1F. The summed E-state index contributed by atoms with van der Waals surface area (Å²) in [6.07, 6.45) is 0.969. The van der Waals surface area contributed by atoms with Crippen LogP contribution in [0.15, 0.2) is 47.4 Å². The average molecular weight is 450 g/mol. The molecule has 2 amide bonds. The lowest BCUT2D eigenvalue weighted by Crippen LogP contribution is -2.50. The van der Waals surface area contributed by atoms with Gasteiger partial charge in [-0.2, -0.15) is 0 Å². The predicted octanol–water partition coefficient (Wildman–Crippen LogP) is 0.902. The fourth-order valence-electron chi connectivity index (χ4n) is 3.60. The van der Waals surface area contributed by atoms with E-state index in [1.54, 1.807) is 18.6 Å². The first-order valence-corrected chi connectivity index (χ1v) is 9.91. The molecule has 1 aromatic carbocycles. The lowest BCUT2D eigenvalue weighted by atomic mass is 10.2. The molecule has 0 saturated carbocycles. The number of pyridine rings is 1. The third-order valence-electron chi connectivity index (χ3n) is 5.08. The fraction of sp³-hybridized carbons (Fsp3) is 0.333. The van der Waals surface area contributed by atoms with Crippen LogP contribution in [0.5, 0.6) is 0 Å². The number of nitrogens with zero attached hydrogens (tertiary/aromatic N) is 2. The number of likely N-dealkylation sites (tertiary alicyclic amines) is 1. The zero-order valence-electron chi connectivity index (χ0n) is 17.0. The minimum absolute atomic E-state index is 0.103. The van der Waals surface area contributed by atoms with Crippen LogP contribution >= 0.6 is 0 Å². The lowest BCUT2D eigenvalue weighted by molar-refractivity contribution is -0.123. The summed E-state index contributed by atoms with van der Waals surface area (Å²) < 4.78 is 40.6. The van der Waals surface area contributed by atoms with Gasteiger partial charge in [-0.25, -0.2) is 13.2 Å². The Morgan fingerprint density at radius 2 is 2.00 bits per heavy atom. The second kappa shape index (κ2) is 10.4. The Labute approximate surface area is 182 Å². The molecule has 1 aromatic heterocycles. The van der Waals surface area contributed by atoms with Crippen LogP contribution in [-0.4, -0.2) is 59.4 Å². The molecule has 2 atom stereocenters. The maximum absolute atomic E-state index is 14.6. The quantitative estimate of drug-likeness (QED) is 0.526. The van der Waals surface area contributed by atoms with Crippen molar-refractivity contribution >= 4 is 17.5 Å². The van der Waals surface area contributed by atoms with Gasteiger partial charge in [0.05, 0.1) is 30.5 Å². The van der Waals surface area contributed by atoms with Crippen molar-refractivity contribution in [3.63, 3.8) is 0 Å². The molecule has 1 fully saturated rings. The smallest absolute Gasteiger partial charge is 0.255 e. The molecule has 1 radical (unpaired) electrons. The Bertz CT molecular complexity index is 1030. The number of benzene rings is 1. The Morgan fingerprint density at radius 3 is 2.66 bits per heavy atom. The van der Waals surface area contributed by atoms with Crippen LogP contribution in [0.1, 0.15) is 6.42 Å². The summed E-state index contributed by atoms with van der Waals surface area (Å²) in [5, 5.41) is 5.03. The van der Waals surface area contributed by atoms with Gasteiger partial charge in [-0.3, -0.25) is 23.9 Å². The van der Waals surface area contributed by atoms with Gasteiger partial charge in [0.1, 0.15) is 5.82 Å². The molecule has 2 heterocycles. The third-order valence-corrected chi connectivity index (χ3v) is 5.08. The summed E-state index contributed by atoms with van der Waals surface area (Å²) in [6.45, 7) is -0.670. The van der Waals surface area contributed by atoms with Crippen LogP contribution in [0.2, 0.25) is 0 Å². The van der Waals surface area contributed by atoms with Crippen molar-refractivity contribution in [2.75, 3.05) is 25.0 Å². The minimum Gasteiger partial charge on any atom is -0.368 e. The highest BCUT2D eigenvalue weighted by Gasteiger charge is 2.37. The van der Waals surface area contributed by atoms with Crippen LogP contribution in [0.25, 0.3) is 5.69 Å². The van der Waals surface area contributed by atoms with Crippen molar-refractivity contribution in [3.05, 3.63) is 65.2 Å². The van der Waals surface area contributed by atoms with Gasteiger partial charge in [0.25, 0.3) is 12.0 Å². The molecule has 171 valence electrons. The summed E-state index contributed by atoms with van der Waals surface area (Å²) in [4.78, 5) is 37.7. The molecular formula is C21H23F3N5O3. The summed E-state index contributed by atoms with van der Waals surface area (Å²) in [6, 6.07) is 7.22. The number of nitrogens with two attached hydrogens (primary N) is 1. The molecule has 1 unspecified atom stereocenters. The van der Waals surface area contributed by atoms with Crippen molar-refractivity contribution in [1.82, 2.24) is 14.8 Å². The number of hydrogen-bond acceptors (Lipinski definition) is 5. The molecular weight excluding hydrogens is 427 g/mol. The van der Waals surface area contributed by atoms with Crippen LogP contribution in [0.3, 0.4) is 0 Å². The summed E-state index contributed by atoms with van der Waals surface area (Å²) in [7, 11) is 0. The number of aromatic nitrogens is 1. The van der Waals surface area contributed by atoms with E-state index in [1.807, 2.05) is 0 Å². The van der Waals surface area contributed by atoms with E-state index in [0.717, 1.165) is 6.07 Å². The number of carbonyl (C=O) groups is 2. The number of nitrogens with one attached hydrogen (secondary N) is 2. The van der Waals surface area contributed by atoms with Gasteiger partial charge < -0.3 is 16.4 Å². The maximum atomic E-state index is 14.6. The normalized spacial score (nSPS) is 18.8. The zero-order chi connectivity index (χ0) is 23.3. The van der Waals surface area contributed by atoms with Gasteiger partial charge in [0.2, 0.25) is 11.8 Å². The maximum Gasteiger partial charge on any atom is 0.255 e. The number of rotatable bonds is 9. The summed E-state index contributed by atoms with van der Waals surface area (Å²) in [5.41, 5.74) is 5.24. The molecule has 2 aromatic rings. The van der Waals surface area contributed by atoms with E-state index in [4.69, 9.17) is 5.73 Å². The van der Waals surface area contributed by atoms with Gasteiger partial charge in [0.15, 0.2) is 0 Å². The van der Waals surface area contributed by atoms with Crippen molar-refractivity contribution in [2.24, 2.45) is 5.73 Å². The largest absolute Gasteiger partial charge is 0.368 e. The van der Waals surface area contributed by atoms with Gasteiger partial charge in [-0.1, -0.05) is 6.07 Å². The topological polar surface area (TPSA) is 109 Å². The van der Waals surface area contributed by atoms with Gasteiger partial charge in [-0.05, 0) is 31.0 Å². The van der Waals surface area contributed by atoms with E-state index in [1.165, 1.54) is 33.9 Å². The Hall–Kier alpha value is -3.18. The number of anilines is 1. The van der Waals surface area contributed by atoms with E-state index < -0.39 is 42.7 Å². The van der Waals surface area contributed by atoms with Gasteiger partial charge in [-0.15, -0.1) is 0 Å². The van der Waals surface area contributed by atoms with Crippen LogP contribution in [0, 0.1) is 12.2 Å². The molecule has 3 rings (SSSR count). The first-order chi connectivity index (χ1) is 15.3. The number of carbonyl (C=O) groups excluding carboxylic acids is 2. The summed E-state index contributed by atoms with van der Waals surface area (Å²) in [5.74, 6) is -2.02. The number of alkyl halides is 2. The van der Waals surface area contributed by atoms with Gasteiger partial charge >= 0.3 is 0 Å². The average Bonchev–Trinajstić information content (AvgIpc) is 3.12. The van der Waals surface area contributed by atoms with E-state index in [2.05, 4.69) is 10.6 Å². The summed E-state index contributed by atoms with van der Waals surface area (Å²) >= 11 is 0. The highest BCUT2D eigenvalue weighted by atomic mass is 19.3. The van der Waals surface area contributed by atoms with Crippen molar-refractivity contribution < 1.29 is 22.8 Å². The van der Waals surface area contributed by atoms with Crippen LogP contribution in [-0.2, 0) is 9.59 Å². The molecule has 1 saturated heterocycles. The first kappa shape index (κ1) is 23.5. The lowest BCUT2D eigenvalue weighted by Gasteiger charge is -2.28. The highest BCUT2D eigenvalue weighted by molar-refractivity contribution is 5.93. The number of hydrogen-bond donors (Lipinski definition) is 3. The van der Waals surface area contributed by atoms with E-state index >= 15 is 0 Å². The molecule has 1 aliphatic rings. The second-order valence-corrected chi connectivity index (χ2v) is 7.32. The second-order valence-electron chi connectivity index (χ2n) is 7.32. The monoisotopic (exact) mass is 450 g/mol. The van der Waals surface area contributed by atoms with Crippen LogP contribution < -0.4 is 21.9 Å². The first-order valence-electron chi connectivity index (χ1n) is 9.91. The molecule has 0 bridgehead atoms. The fourth-order valence-corrected chi connectivity index (χ4v) is 3.60. The van der Waals surface area contributed by atoms with Crippen LogP contribution in [0.4, 0.5) is 18.9 Å². The molecule has 4 N–H and O–H groups in total. The molecule has 32 heavy (non-hydrogen) atoms. The van der Waals surface area contributed by atoms with E-state index in [9.17, 15) is 27.6 Å². The molecule has 8 nitrogen and oxygen atoms in total. The number of halogens is 3. The third kappa shape index (κ3) is 5.74. The number of amides is 2. The number of primary amides is 1. The highest BCUT2D eigenvalue weighted by Crippen LogP contribution is 2.23. The van der Waals surface area contributed by atoms with E-state index in [0.29, 0.717) is 12.1 Å². The molecule has 0 spiro atoms. The molecule has 1 aliphatic heterocycles. The molecule has 0 aliphatic carbocycles. The van der Waals surface area contributed by atoms with Gasteiger partial charge in [0, 0.05) is 30.9 Å². The van der Waals surface area contributed by atoms with Crippen molar-refractivity contribution in [3.8, 4) is 5.69 Å². The predicted molar refractivity (Wildman–Crippen MR) is 112 cm³/mol. The Balaban J connectivity index is 1.68. The minimum atomic E-state index is -2.53. The zero-order valence-corrected chi connectivity index (χ0v) is 17.0. The van der Waals surface area contributed by atoms with Crippen molar-refractivity contribution in [1.29, 1.82) is 0 Å². The Morgan fingerprint density at radius 1 is 1.22 bits per heavy atom. The Kier molecular flexibility index (Phi) is 7.65. The standard InChI is InChI=1S/C21H23F3N5O3/c22-15-9-13(28-8-2-1-3-20(28)31)4-6-16(15)27-19(30)12-29-14(10-26-11-18(23)24)5-7-17(29)21(25)32/h1-4,6-9,14,17-18,26H,5,10-12H2,(H2,25,32)(H,27,30)/t14-,17?/m0/s1. The van der Waals surface area contributed by atoms with E-state index in [-0.39, 0.29) is 24.3 Å². The van der Waals surface area contributed by atoms with Crippen molar-refractivity contribution in [2.45, 2.75) is 24.9 Å². The molecule has 11 heteroatoms.